The van der Waals surface area contributed by atoms with Gasteiger partial charge in [0.1, 0.15) is 6.33 Å². The minimum atomic E-state index is -0.259. The Bertz CT molecular complexity index is 304. The number of aromatic nitrogens is 3. The molecule has 0 aliphatic heterocycles. The molecule has 86 valence electrons. The van der Waals surface area contributed by atoms with E-state index in [9.17, 15) is 5.11 Å². The lowest BCUT2D eigenvalue weighted by atomic mass is 10.1. The Morgan fingerprint density at radius 1 is 1.67 bits per heavy atom. The summed E-state index contributed by atoms with van der Waals surface area (Å²) in [6, 6.07) is 0. The first-order valence-electron chi connectivity index (χ1n) is 4.94. The van der Waals surface area contributed by atoms with Gasteiger partial charge in [-0.1, -0.05) is 18.7 Å². The average Bonchev–Trinajstić information content (AvgIpc) is 2.62. The third-order valence-corrected chi connectivity index (χ3v) is 3.55. The van der Waals surface area contributed by atoms with Gasteiger partial charge in [-0.15, -0.1) is 0 Å². The van der Waals surface area contributed by atoms with Crippen LogP contribution in [0.2, 0.25) is 0 Å². The van der Waals surface area contributed by atoms with Crippen LogP contribution in [-0.4, -0.2) is 44.3 Å². The molecule has 0 aliphatic carbocycles. The monoisotopic (exact) mass is 230 g/mol. The average molecular weight is 230 g/mol. The van der Waals surface area contributed by atoms with Crippen LogP contribution in [0.25, 0.3) is 0 Å². The van der Waals surface area contributed by atoms with E-state index < -0.39 is 0 Å². The van der Waals surface area contributed by atoms with Gasteiger partial charge in [-0.2, -0.15) is 5.10 Å². The summed E-state index contributed by atoms with van der Waals surface area (Å²) in [7, 11) is 1.86. The van der Waals surface area contributed by atoms with Gasteiger partial charge < -0.3 is 10.4 Å². The summed E-state index contributed by atoms with van der Waals surface area (Å²) in [5.41, 5.74) is -0.259. The fourth-order valence-electron chi connectivity index (χ4n) is 1.22. The first-order chi connectivity index (χ1) is 7.11. The Morgan fingerprint density at radius 3 is 2.87 bits per heavy atom. The first-order valence-corrected chi connectivity index (χ1v) is 5.92. The number of rotatable bonds is 6. The van der Waals surface area contributed by atoms with E-state index in [4.69, 9.17) is 0 Å². The summed E-state index contributed by atoms with van der Waals surface area (Å²) < 4.78 is 1.73. The Kier molecular flexibility index (Phi) is 4.56. The summed E-state index contributed by atoms with van der Waals surface area (Å²) in [5.74, 6) is 0.768. The molecule has 0 fully saturated rings. The van der Waals surface area contributed by atoms with Crippen molar-refractivity contribution in [3.63, 3.8) is 0 Å². The number of nitrogens with zero attached hydrogens (tertiary/aromatic N) is 3. The molecule has 0 saturated carbocycles. The van der Waals surface area contributed by atoms with E-state index in [0.29, 0.717) is 0 Å². The molecule has 0 saturated heterocycles. The van der Waals surface area contributed by atoms with Crippen molar-refractivity contribution in [1.82, 2.24) is 20.1 Å². The van der Waals surface area contributed by atoms with Crippen LogP contribution in [-0.2, 0) is 7.05 Å². The molecule has 0 spiro atoms. The maximum atomic E-state index is 9.30. The van der Waals surface area contributed by atoms with E-state index in [1.165, 1.54) is 6.33 Å². The standard InChI is InChI=1S/C9H18N4OS/c1-4-11-9(2,5-14)6-15-8-10-7-12-13(8)3/h7,11,14H,4-6H2,1-3H3. The lowest BCUT2D eigenvalue weighted by Gasteiger charge is -2.27. The number of likely N-dealkylation sites (N-methyl/N-ethyl adjacent to an activating group) is 1. The molecule has 0 bridgehead atoms. The highest BCUT2D eigenvalue weighted by Crippen LogP contribution is 2.19. The highest BCUT2D eigenvalue weighted by molar-refractivity contribution is 7.99. The lowest BCUT2D eigenvalue weighted by molar-refractivity contribution is 0.194. The Labute approximate surface area is 94.3 Å². The quantitative estimate of drug-likeness (QED) is 0.687. The van der Waals surface area contributed by atoms with Gasteiger partial charge in [-0.3, -0.25) is 0 Å². The summed E-state index contributed by atoms with van der Waals surface area (Å²) in [5, 5.41) is 17.4. The maximum absolute atomic E-state index is 9.30. The van der Waals surface area contributed by atoms with Crippen molar-refractivity contribution in [2.45, 2.75) is 24.5 Å². The van der Waals surface area contributed by atoms with Crippen LogP contribution in [0.15, 0.2) is 11.5 Å². The van der Waals surface area contributed by atoms with Crippen LogP contribution in [0.1, 0.15) is 13.8 Å². The minimum absolute atomic E-state index is 0.117. The number of hydrogen-bond donors (Lipinski definition) is 2. The summed E-state index contributed by atoms with van der Waals surface area (Å²) >= 11 is 1.59. The molecule has 2 N–H and O–H groups in total. The fourth-order valence-corrected chi connectivity index (χ4v) is 2.22. The molecule has 1 aromatic rings. The molecule has 0 aromatic carbocycles. The van der Waals surface area contributed by atoms with Gasteiger partial charge in [0.25, 0.3) is 0 Å². The first kappa shape index (κ1) is 12.5. The van der Waals surface area contributed by atoms with Crippen LogP contribution < -0.4 is 5.32 Å². The third-order valence-electron chi connectivity index (χ3n) is 2.14. The van der Waals surface area contributed by atoms with Crippen molar-refractivity contribution in [3.8, 4) is 0 Å². The molecule has 15 heavy (non-hydrogen) atoms. The molecule has 6 heteroatoms. The molecule has 0 amide bonds. The van der Waals surface area contributed by atoms with Gasteiger partial charge in [-0.25, -0.2) is 9.67 Å². The van der Waals surface area contributed by atoms with Crippen LogP contribution in [0.5, 0.6) is 0 Å². The van der Waals surface area contributed by atoms with Crippen LogP contribution in [0.3, 0.4) is 0 Å². The number of nitrogens with one attached hydrogen (secondary N) is 1. The van der Waals surface area contributed by atoms with Gasteiger partial charge in [0.2, 0.25) is 0 Å². The number of aliphatic hydroxyl groups excluding tert-OH is 1. The molecule has 1 heterocycles. The minimum Gasteiger partial charge on any atom is -0.394 e. The van der Waals surface area contributed by atoms with Gasteiger partial charge >= 0.3 is 0 Å². The largest absolute Gasteiger partial charge is 0.394 e. The van der Waals surface area contributed by atoms with Gasteiger partial charge in [0, 0.05) is 18.3 Å². The van der Waals surface area contributed by atoms with Crippen molar-refractivity contribution in [2.75, 3.05) is 18.9 Å². The summed E-state index contributed by atoms with van der Waals surface area (Å²) in [6.45, 7) is 4.99. The Balaban J connectivity index is 2.51. The van der Waals surface area contributed by atoms with Crippen LogP contribution >= 0.6 is 11.8 Å². The van der Waals surface area contributed by atoms with Crippen molar-refractivity contribution in [2.24, 2.45) is 7.05 Å². The summed E-state index contributed by atoms with van der Waals surface area (Å²) in [4.78, 5) is 4.12. The Morgan fingerprint density at radius 2 is 2.40 bits per heavy atom. The predicted octanol–water partition coefficient (Wildman–Crippen LogP) is 0.268. The highest BCUT2D eigenvalue weighted by Gasteiger charge is 2.22. The van der Waals surface area contributed by atoms with E-state index in [2.05, 4.69) is 15.4 Å². The second-order valence-corrected chi connectivity index (χ2v) is 4.65. The summed E-state index contributed by atoms with van der Waals surface area (Å²) in [6.07, 6.45) is 1.53. The molecule has 1 unspecified atom stereocenters. The van der Waals surface area contributed by atoms with Gasteiger partial charge in [0.05, 0.1) is 6.61 Å². The SMILES string of the molecule is CCNC(C)(CO)CSc1ncnn1C. The smallest absolute Gasteiger partial charge is 0.185 e. The topological polar surface area (TPSA) is 63.0 Å². The van der Waals surface area contributed by atoms with E-state index in [1.54, 1.807) is 16.4 Å². The van der Waals surface area contributed by atoms with Gasteiger partial charge in [0.15, 0.2) is 5.16 Å². The number of thioether (sulfide) groups is 1. The van der Waals surface area contributed by atoms with Crippen molar-refractivity contribution >= 4 is 11.8 Å². The highest BCUT2D eigenvalue weighted by atomic mass is 32.2. The van der Waals surface area contributed by atoms with E-state index in [-0.39, 0.29) is 12.1 Å². The van der Waals surface area contributed by atoms with Crippen LogP contribution in [0.4, 0.5) is 0 Å². The van der Waals surface area contributed by atoms with Crippen molar-refractivity contribution < 1.29 is 5.11 Å². The molecular formula is C9H18N4OS. The normalized spacial score (nSPS) is 15.2. The number of hydrogen-bond acceptors (Lipinski definition) is 5. The molecule has 1 atom stereocenters. The second kappa shape index (κ2) is 5.48. The Hall–Kier alpha value is -0.590. The van der Waals surface area contributed by atoms with E-state index >= 15 is 0 Å². The fraction of sp³-hybridized carbons (Fsp3) is 0.778. The molecular weight excluding hydrogens is 212 g/mol. The zero-order valence-electron chi connectivity index (χ0n) is 9.40. The molecule has 5 nitrogen and oxygen atoms in total. The molecule has 1 rings (SSSR count). The second-order valence-electron chi connectivity index (χ2n) is 3.70. The van der Waals surface area contributed by atoms with Crippen molar-refractivity contribution in [1.29, 1.82) is 0 Å². The lowest BCUT2D eigenvalue weighted by Crippen LogP contribution is -2.47. The van der Waals surface area contributed by atoms with Crippen LogP contribution in [0, 0.1) is 0 Å². The predicted molar refractivity (Wildman–Crippen MR) is 60.9 cm³/mol. The maximum Gasteiger partial charge on any atom is 0.185 e. The van der Waals surface area contributed by atoms with Crippen molar-refractivity contribution in [3.05, 3.63) is 6.33 Å². The molecule has 1 aromatic heterocycles. The zero-order valence-corrected chi connectivity index (χ0v) is 10.2. The molecule has 0 aliphatic rings. The van der Waals surface area contributed by atoms with Gasteiger partial charge in [-0.05, 0) is 13.5 Å². The third kappa shape index (κ3) is 3.48. The number of aliphatic hydroxyl groups is 1. The van der Waals surface area contributed by atoms with E-state index in [0.717, 1.165) is 17.5 Å². The zero-order chi connectivity index (χ0) is 11.3. The van der Waals surface area contributed by atoms with E-state index in [1.807, 2.05) is 20.9 Å². The molecule has 0 radical (unpaired) electrons. The number of aryl methyl sites for hydroxylation is 1.